The van der Waals surface area contributed by atoms with E-state index in [1.165, 1.54) is 0 Å². The van der Waals surface area contributed by atoms with E-state index in [0.717, 1.165) is 27.7 Å². The molecule has 0 aliphatic heterocycles. The van der Waals surface area contributed by atoms with Crippen molar-refractivity contribution in [1.82, 2.24) is 0 Å². The van der Waals surface area contributed by atoms with E-state index in [1.54, 1.807) is 11.3 Å². The highest BCUT2D eigenvalue weighted by atomic mass is 32.1. The molecule has 0 aliphatic carbocycles. The smallest absolute Gasteiger partial charge is 0.143 e. The first kappa shape index (κ1) is 19.9. The van der Waals surface area contributed by atoms with Gasteiger partial charge in [-0.3, -0.25) is 0 Å². The van der Waals surface area contributed by atoms with Crippen LogP contribution in [-0.2, 0) is 0 Å². The number of thiophene rings is 1. The highest BCUT2D eigenvalue weighted by molar-refractivity contribution is 7.13. The third kappa shape index (κ3) is 4.66. The minimum absolute atomic E-state index is 0.633. The first-order valence-electron chi connectivity index (χ1n) is 10.3. The summed E-state index contributed by atoms with van der Waals surface area (Å²) in [6, 6.07) is 37.0. The van der Waals surface area contributed by atoms with E-state index in [-0.39, 0.29) is 0 Å². The molecule has 0 bridgehead atoms. The second kappa shape index (κ2) is 9.41. The lowest BCUT2D eigenvalue weighted by atomic mass is 10.1. The van der Waals surface area contributed by atoms with Crippen LogP contribution in [0.2, 0.25) is 0 Å². The molecule has 1 heterocycles. The maximum absolute atomic E-state index is 6.34. The molecular formula is C28H20O3S. The lowest BCUT2D eigenvalue weighted by Crippen LogP contribution is -1.94. The Bertz CT molecular complexity index is 1210. The summed E-state index contributed by atoms with van der Waals surface area (Å²) in [5.74, 6) is 4.19. The summed E-state index contributed by atoms with van der Waals surface area (Å²) in [5.41, 5.74) is 0.883. The summed E-state index contributed by atoms with van der Waals surface area (Å²) < 4.78 is 18.8. The average molecular weight is 437 g/mol. The first-order valence-corrected chi connectivity index (χ1v) is 11.1. The Kier molecular flexibility index (Phi) is 5.86. The van der Waals surface area contributed by atoms with Crippen LogP contribution in [0.4, 0.5) is 0 Å². The molecule has 1 aromatic heterocycles. The van der Waals surface area contributed by atoms with Crippen molar-refractivity contribution < 1.29 is 14.2 Å². The Balaban J connectivity index is 1.64. The number of ether oxygens (including phenoxy) is 3. The predicted molar refractivity (Wildman–Crippen MR) is 129 cm³/mol. The van der Waals surface area contributed by atoms with Gasteiger partial charge < -0.3 is 14.2 Å². The summed E-state index contributed by atoms with van der Waals surface area (Å²) in [5, 5.41) is 2.04. The van der Waals surface area contributed by atoms with Gasteiger partial charge in [-0.2, -0.15) is 0 Å². The van der Waals surface area contributed by atoms with E-state index in [0.29, 0.717) is 17.2 Å². The van der Waals surface area contributed by atoms with Crippen LogP contribution in [0, 0.1) is 0 Å². The molecule has 0 saturated carbocycles. The van der Waals surface area contributed by atoms with Gasteiger partial charge in [-0.05, 0) is 47.8 Å². The molecule has 0 fully saturated rings. The Hall–Kier alpha value is -4.02. The third-order valence-electron chi connectivity index (χ3n) is 4.73. The predicted octanol–water partition coefficient (Wildman–Crippen LogP) is 8.79. The molecule has 5 aromatic rings. The monoisotopic (exact) mass is 436 g/mol. The van der Waals surface area contributed by atoms with Crippen molar-refractivity contribution in [2.75, 3.05) is 0 Å². The average Bonchev–Trinajstić information content (AvgIpc) is 3.35. The molecule has 32 heavy (non-hydrogen) atoms. The van der Waals surface area contributed by atoms with Crippen molar-refractivity contribution in [3.05, 3.63) is 121 Å². The van der Waals surface area contributed by atoms with E-state index in [2.05, 4.69) is 6.07 Å². The largest absolute Gasteiger partial charge is 0.457 e. The number of rotatable bonds is 7. The molecule has 0 N–H and O–H groups in total. The lowest BCUT2D eigenvalue weighted by Gasteiger charge is -2.18. The fourth-order valence-corrected chi connectivity index (χ4v) is 4.08. The van der Waals surface area contributed by atoms with E-state index < -0.39 is 0 Å². The number of hydrogen-bond acceptors (Lipinski definition) is 4. The summed E-state index contributed by atoms with van der Waals surface area (Å²) >= 11 is 1.63. The molecule has 3 nitrogen and oxygen atoms in total. The molecule has 0 unspecified atom stereocenters. The number of para-hydroxylation sites is 3. The highest BCUT2D eigenvalue weighted by Crippen LogP contribution is 2.47. The van der Waals surface area contributed by atoms with E-state index in [4.69, 9.17) is 14.2 Å². The van der Waals surface area contributed by atoms with Crippen molar-refractivity contribution >= 4 is 11.3 Å². The van der Waals surface area contributed by atoms with Crippen LogP contribution in [0.15, 0.2) is 121 Å². The number of hydrogen-bond donors (Lipinski definition) is 0. The van der Waals surface area contributed by atoms with Gasteiger partial charge in [0.05, 0.1) is 5.56 Å². The zero-order valence-corrected chi connectivity index (χ0v) is 18.0. The summed E-state index contributed by atoms with van der Waals surface area (Å²) in [4.78, 5) is 1.05. The molecule has 5 rings (SSSR count). The summed E-state index contributed by atoms with van der Waals surface area (Å²) in [7, 11) is 0. The molecule has 156 valence electrons. The minimum atomic E-state index is 0.633. The van der Waals surface area contributed by atoms with Crippen LogP contribution in [0.5, 0.6) is 34.5 Å². The Morgan fingerprint density at radius 1 is 0.438 bits per heavy atom. The number of benzene rings is 4. The van der Waals surface area contributed by atoms with Crippen LogP contribution in [0.25, 0.3) is 10.4 Å². The topological polar surface area (TPSA) is 27.7 Å². The highest BCUT2D eigenvalue weighted by Gasteiger charge is 2.19. The van der Waals surface area contributed by atoms with Gasteiger partial charge in [0, 0.05) is 17.0 Å². The van der Waals surface area contributed by atoms with Crippen LogP contribution < -0.4 is 14.2 Å². The second-order valence-electron chi connectivity index (χ2n) is 7.02. The van der Waals surface area contributed by atoms with Gasteiger partial charge in [0.25, 0.3) is 0 Å². The Labute approximate surface area is 191 Å². The lowest BCUT2D eigenvalue weighted by molar-refractivity contribution is 0.442. The molecule has 0 atom stereocenters. The normalized spacial score (nSPS) is 10.5. The SMILES string of the molecule is c1ccc(Oc2cc(Oc3ccccc3)c(-c3cccs3)c(Oc3ccccc3)c2)cc1. The zero-order valence-electron chi connectivity index (χ0n) is 17.2. The molecule has 0 aliphatic rings. The van der Waals surface area contributed by atoms with Gasteiger partial charge in [-0.1, -0.05) is 60.7 Å². The van der Waals surface area contributed by atoms with Crippen molar-refractivity contribution in [2.24, 2.45) is 0 Å². The van der Waals surface area contributed by atoms with Crippen LogP contribution >= 0.6 is 11.3 Å². The van der Waals surface area contributed by atoms with Gasteiger partial charge in [0.15, 0.2) is 0 Å². The summed E-state index contributed by atoms with van der Waals surface area (Å²) in [6.07, 6.45) is 0. The zero-order chi connectivity index (χ0) is 21.6. The molecule has 0 radical (unpaired) electrons. The molecule has 4 aromatic carbocycles. The van der Waals surface area contributed by atoms with Crippen LogP contribution in [0.1, 0.15) is 0 Å². The molecule has 4 heteroatoms. The summed E-state index contributed by atoms with van der Waals surface area (Å²) in [6.45, 7) is 0. The Morgan fingerprint density at radius 2 is 0.906 bits per heavy atom. The minimum Gasteiger partial charge on any atom is -0.457 e. The van der Waals surface area contributed by atoms with E-state index in [1.807, 2.05) is 115 Å². The second-order valence-corrected chi connectivity index (χ2v) is 7.96. The molecular weight excluding hydrogens is 416 g/mol. The maximum Gasteiger partial charge on any atom is 0.143 e. The fraction of sp³-hybridized carbons (Fsp3) is 0. The van der Waals surface area contributed by atoms with Gasteiger partial charge in [-0.15, -0.1) is 11.3 Å². The molecule has 0 amide bonds. The van der Waals surface area contributed by atoms with Crippen molar-refractivity contribution in [3.63, 3.8) is 0 Å². The van der Waals surface area contributed by atoms with Gasteiger partial charge in [-0.25, -0.2) is 0 Å². The molecule has 0 saturated heterocycles. The van der Waals surface area contributed by atoms with Gasteiger partial charge in [0.2, 0.25) is 0 Å². The van der Waals surface area contributed by atoms with Gasteiger partial charge >= 0.3 is 0 Å². The van der Waals surface area contributed by atoms with Crippen LogP contribution in [0.3, 0.4) is 0 Å². The van der Waals surface area contributed by atoms with Gasteiger partial charge in [0.1, 0.15) is 34.5 Å². The van der Waals surface area contributed by atoms with Crippen molar-refractivity contribution in [1.29, 1.82) is 0 Å². The van der Waals surface area contributed by atoms with E-state index in [9.17, 15) is 0 Å². The van der Waals surface area contributed by atoms with Crippen molar-refractivity contribution in [2.45, 2.75) is 0 Å². The quantitative estimate of drug-likeness (QED) is 0.255. The van der Waals surface area contributed by atoms with Crippen LogP contribution in [-0.4, -0.2) is 0 Å². The molecule has 0 spiro atoms. The fourth-order valence-electron chi connectivity index (χ4n) is 3.31. The Morgan fingerprint density at radius 3 is 1.34 bits per heavy atom. The first-order chi connectivity index (χ1) is 15.8. The third-order valence-corrected chi connectivity index (χ3v) is 5.62. The van der Waals surface area contributed by atoms with Crippen molar-refractivity contribution in [3.8, 4) is 44.9 Å². The maximum atomic E-state index is 6.34. The standard InChI is InChI=1S/C28H20O3S/c1-4-11-21(12-5-1)29-24-19-25(30-22-13-6-2-7-14-22)28(27-17-10-18-32-27)26(20-24)31-23-15-8-3-9-16-23/h1-20H. The van der Waals surface area contributed by atoms with E-state index >= 15 is 0 Å².